The van der Waals surface area contributed by atoms with Crippen LogP contribution in [-0.4, -0.2) is 38.4 Å². The van der Waals surface area contributed by atoms with Gasteiger partial charge >= 0.3 is 5.88 Å². The van der Waals surface area contributed by atoms with Crippen molar-refractivity contribution in [3.63, 3.8) is 0 Å². The van der Waals surface area contributed by atoms with Gasteiger partial charge in [-0.15, -0.1) is 0 Å². The number of carbonyl (C=O) groups excluding carboxylic acids is 1. The first-order chi connectivity index (χ1) is 12.0. The molecule has 8 nitrogen and oxygen atoms in total. The SMILES string of the molecule is CC(C)c1nccn1CC1CCN(C(=O)c2ccc([N+](=O)[O-])o2)CC1. The highest BCUT2D eigenvalue weighted by atomic mass is 16.6. The number of hydrogen-bond acceptors (Lipinski definition) is 5. The summed E-state index contributed by atoms with van der Waals surface area (Å²) in [5, 5.41) is 10.7. The van der Waals surface area contributed by atoms with Crippen molar-refractivity contribution in [2.24, 2.45) is 5.92 Å². The van der Waals surface area contributed by atoms with E-state index in [1.807, 2.05) is 12.4 Å². The van der Waals surface area contributed by atoms with E-state index in [0.717, 1.165) is 25.2 Å². The lowest BCUT2D eigenvalue weighted by Gasteiger charge is -2.32. The molecule has 0 N–H and O–H groups in total. The average Bonchev–Trinajstić information content (AvgIpc) is 3.24. The van der Waals surface area contributed by atoms with Gasteiger partial charge in [0.05, 0.1) is 6.07 Å². The third kappa shape index (κ3) is 3.72. The fourth-order valence-corrected chi connectivity index (χ4v) is 3.27. The normalized spacial score (nSPS) is 15.7. The van der Waals surface area contributed by atoms with Gasteiger partial charge in [0.2, 0.25) is 0 Å². The van der Waals surface area contributed by atoms with E-state index in [2.05, 4.69) is 23.4 Å². The smallest absolute Gasteiger partial charge is 0.395 e. The van der Waals surface area contributed by atoms with Crippen LogP contribution in [0.5, 0.6) is 0 Å². The molecule has 0 aromatic carbocycles. The number of likely N-dealkylation sites (tertiary alicyclic amines) is 1. The number of piperidine rings is 1. The summed E-state index contributed by atoms with van der Waals surface area (Å²) in [4.78, 5) is 28.5. The standard InChI is InChI=1S/C17H22N4O4/c1-12(2)16-18-7-10-20(16)11-13-5-8-19(9-6-13)17(22)14-3-4-15(25-14)21(23)24/h3-4,7,10,12-13H,5-6,8-9,11H2,1-2H3. The van der Waals surface area contributed by atoms with E-state index in [0.29, 0.717) is 24.9 Å². The van der Waals surface area contributed by atoms with E-state index in [1.165, 1.54) is 12.1 Å². The second-order valence-corrected chi connectivity index (χ2v) is 6.72. The number of nitrogens with zero attached hydrogens (tertiary/aromatic N) is 4. The average molecular weight is 346 g/mol. The van der Waals surface area contributed by atoms with Crippen molar-refractivity contribution < 1.29 is 14.1 Å². The van der Waals surface area contributed by atoms with E-state index in [1.54, 1.807) is 4.90 Å². The summed E-state index contributed by atoms with van der Waals surface area (Å²) in [6.07, 6.45) is 5.63. The zero-order valence-corrected chi connectivity index (χ0v) is 14.4. The fraction of sp³-hybridized carbons (Fsp3) is 0.529. The van der Waals surface area contributed by atoms with Crippen molar-refractivity contribution in [1.29, 1.82) is 0 Å². The molecule has 1 fully saturated rings. The van der Waals surface area contributed by atoms with Crippen molar-refractivity contribution in [2.45, 2.75) is 39.2 Å². The summed E-state index contributed by atoms with van der Waals surface area (Å²) in [5.41, 5.74) is 0. The maximum Gasteiger partial charge on any atom is 0.433 e. The van der Waals surface area contributed by atoms with E-state index >= 15 is 0 Å². The zero-order valence-electron chi connectivity index (χ0n) is 14.4. The van der Waals surface area contributed by atoms with Crippen LogP contribution in [0.1, 0.15) is 49.0 Å². The molecule has 3 rings (SSSR count). The maximum absolute atomic E-state index is 12.4. The Morgan fingerprint density at radius 3 is 2.72 bits per heavy atom. The molecular formula is C17H22N4O4. The van der Waals surface area contributed by atoms with Crippen molar-refractivity contribution in [3.05, 3.63) is 46.2 Å². The molecule has 1 aliphatic heterocycles. The van der Waals surface area contributed by atoms with Crippen LogP contribution in [0.3, 0.4) is 0 Å². The van der Waals surface area contributed by atoms with Crippen LogP contribution in [0.25, 0.3) is 0 Å². The molecule has 3 heterocycles. The third-order valence-electron chi connectivity index (χ3n) is 4.60. The number of nitro groups is 1. The number of hydrogen-bond donors (Lipinski definition) is 0. The quantitative estimate of drug-likeness (QED) is 0.612. The molecule has 0 unspecified atom stereocenters. The molecule has 2 aromatic heterocycles. The fourth-order valence-electron chi connectivity index (χ4n) is 3.27. The molecule has 0 spiro atoms. The molecule has 1 aliphatic rings. The zero-order chi connectivity index (χ0) is 18.0. The topological polar surface area (TPSA) is 94.4 Å². The summed E-state index contributed by atoms with van der Waals surface area (Å²) >= 11 is 0. The number of aromatic nitrogens is 2. The van der Waals surface area contributed by atoms with Crippen LogP contribution in [0.15, 0.2) is 28.9 Å². The third-order valence-corrected chi connectivity index (χ3v) is 4.60. The molecule has 1 saturated heterocycles. The van der Waals surface area contributed by atoms with Crippen molar-refractivity contribution in [2.75, 3.05) is 13.1 Å². The minimum atomic E-state index is -0.638. The number of furan rings is 1. The van der Waals surface area contributed by atoms with E-state index in [4.69, 9.17) is 4.42 Å². The lowest BCUT2D eigenvalue weighted by molar-refractivity contribution is -0.402. The van der Waals surface area contributed by atoms with Gasteiger partial charge in [0.25, 0.3) is 5.91 Å². The molecule has 134 valence electrons. The molecule has 0 saturated carbocycles. The van der Waals surface area contributed by atoms with Gasteiger partial charge in [-0.2, -0.15) is 0 Å². The highest BCUT2D eigenvalue weighted by Gasteiger charge is 2.27. The van der Waals surface area contributed by atoms with Gasteiger partial charge in [0.1, 0.15) is 10.7 Å². The first-order valence-electron chi connectivity index (χ1n) is 8.50. The molecule has 0 aliphatic carbocycles. The van der Waals surface area contributed by atoms with Crippen LogP contribution >= 0.6 is 0 Å². The van der Waals surface area contributed by atoms with Gasteiger partial charge in [0.15, 0.2) is 5.76 Å². The Balaban J connectivity index is 1.57. The minimum absolute atomic E-state index is 0.0295. The van der Waals surface area contributed by atoms with E-state index in [-0.39, 0.29) is 11.7 Å². The molecule has 0 bridgehead atoms. The summed E-state index contributed by atoms with van der Waals surface area (Å²) in [6, 6.07) is 2.58. The number of rotatable bonds is 5. The molecule has 0 radical (unpaired) electrons. The van der Waals surface area contributed by atoms with Gasteiger partial charge in [-0.1, -0.05) is 13.8 Å². The van der Waals surface area contributed by atoms with Gasteiger partial charge in [-0.05, 0) is 24.8 Å². The number of imidazole rings is 1. The summed E-state index contributed by atoms with van der Waals surface area (Å²) in [7, 11) is 0. The van der Waals surface area contributed by atoms with Crippen LogP contribution in [0.4, 0.5) is 5.88 Å². The van der Waals surface area contributed by atoms with Gasteiger partial charge < -0.3 is 13.9 Å². The van der Waals surface area contributed by atoms with E-state index in [9.17, 15) is 14.9 Å². The molecule has 25 heavy (non-hydrogen) atoms. The van der Waals surface area contributed by atoms with Crippen molar-refractivity contribution in [3.8, 4) is 0 Å². The highest BCUT2D eigenvalue weighted by Crippen LogP contribution is 2.24. The van der Waals surface area contributed by atoms with Gasteiger partial charge in [-0.25, -0.2) is 4.98 Å². The first-order valence-corrected chi connectivity index (χ1v) is 8.50. The molecule has 8 heteroatoms. The van der Waals surface area contributed by atoms with Crippen LogP contribution in [0, 0.1) is 16.0 Å². The second kappa shape index (κ2) is 7.08. The highest BCUT2D eigenvalue weighted by molar-refractivity contribution is 5.91. The first kappa shape index (κ1) is 17.2. The van der Waals surface area contributed by atoms with Crippen LogP contribution < -0.4 is 0 Å². The predicted octanol–water partition coefficient (Wildman–Crippen LogP) is 3.06. The number of amides is 1. The van der Waals surface area contributed by atoms with Crippen molar-refractivity contribution >= 4 is 11.8 Å². The largest absolute Gasteiger partial charge is 0.433 e. The minimum Gasteiger partial charge on any atom is -0.395 e. The molecular weight excluding hydrogens is 324 g/mol. The summed E-state index contributed by atoms with van der Waals surface area (Å²) in [6.45, 7) is 6.42. The van der Waals surface area contributed by atoms with E-state index < -0.39 is 10.8 Å². The Bertz CT molecular complexity index is 756. The van der Waals surface area contributed by atoms with Crippen molar-refractivity contribution in [1.82, 2.24) is 14.5 Å². The molecule has 2 aromatic rings. The Labute approximate surface area is 145 Å². The lowest BCUT2D eigenvalue weighted by Crippen LogP contribution is -2.39. The van der Waals surface area contributed by atoms with Crippen LogP contribution in [-0.2, 0) is 6.54 Å². The lowest BCUT2D eigenvalue weighted by atomic mass is 9.96. The Morgan fingerprint density at radius 1 is 1.40 bits per heavy atom. The Hall–Kier alpha value is -2.64. The second-order valence-electron chi connectivity index (χ2n) is 6.72. The molecule has 1 amide bonds. The number of carbonyl (C=O) groups is 1. The summed E-state index contributed by atoms with van der Waals surface area (Å²) in [5.74, 6) is 1.30. The monoisotopic (exact) mass is 346 g/mol. The Morgan fingerprint density at radius 2 is 2.12 bits per heavy atom. The van der Waals surface area contributed by atoms with Crippen LogP contribution in [0.2, 0.25) is 0 Å². The van der Waals surface area contributed by atoms with Gasteiger partial charge in [0, 0.05) is 37.9 Å². The summed E-state index contributed by atoms with van der Waals surface area (Å²) < 4.78 is 7.21. The Kier molecular flexibility index (Phi) is 4.87. The van der Waals surface area contributed by atoms with Gasteiger partial charge in [-0.3, -0.25) is 14.9 Å². The predicted molar refractivity (Wildman–Crippen MR) is 90.3 cm³/mol. The maximum atomic E-state index is 12.4. The molecule has 0 atom stereocenters.